The summed E-state index contributed by atoms with van der Waals surface area (Å²) < 4.78 is 40.8. The number of halogens is 3. The number of rotatable bonds is 5. The molecule has 0 saturated heterocycles. The Bertz CT molecular complexity index is 880. The summed E-state index contributed by atoms with van der Waals surface area (Å²) >= 11 is 1.19. The van der Waals surface area contributed by atoms with Gasteiger partial charge in [0.25, 0.3) is 5.91 Å². The second-order valence-corrected chi connectivity index (χ2v) is 6.01. The molecule has 0 aliphatic carbocycles. The van der Waals surface area contributed by atoms with Crippen molar-refractivity contribution >= 4 is 22.9 Å². The summed E-state index contributed by atoms with van der Waals surface area (Å²) in [5.41, 5.74) is 1.91. The van der Waals surface area contributed by atoms with Crippen LogP contribution in [0.5, 0.6) is 5.88 Å². The molecule has 3 aromatic rings. The summed E-state index contributed by atoms with van der Waals surface area (Å²) in [6, 6.07) is 12.1. The highest BCUT2D eigenvalue weighted by molar-refractivity contribution is 7.12. The number of carbonyl (C=O) groups is 1. The van der Waals surface area contributed by atoms with Crippen molar-refractivity contribution in [2.75, 3.05) is 11.9 Å². The van der Waals surface area contributed by atoms with Gasteiger partial charge in [0.15, 0.2) is 11.6 Å². The Balaban J connectivity index is 1.62. The first-order chi connectivity index (χ1) is 12.4. The lowest BCUT2D eigenvalue weighted by Crippen LogP contribution is -2.19. The number of nitrogens with one attached hydrogen (secondary N) is 1. The molecule has 0 saturated carbocycles. The third-order valence-corrected chi connectivity index (χ3v) is 3.99. The van der Waals surface area contributed by atoms with Gasteiger partial charge in [0.05, 0.1) is 17.6 Å². The highest BCUT2D eigenvalue weighted by Gasteiger charge is 2.28. The molecule has 0 spiro atoms. The maximum atomic E-state index is 12.2. The van der Waals surface area contributed by atoms with Crippen LogP contribution in [0.3, 0.4) is 0 Å². The second-order valence-electron chi connectivity index (χ2n) is 5.15. The van der Waals surface area contributed by atoms with Gasteiger partial charge in [-0.15, -0.1) is 11.3 Å². The van der Waals surface area contributed by atoms with Crippen molar-refractivity contribution in [3.05, 3.63) is 59.0 Å². The number of amides is 1. The Kier molecular flexibility index (Phi) is 5.17. The fraction of sp³-hybridized carbons (Fsp3) is 0.118. The SMILES string of the molecule is O=C(Nc1ccc(OCC(F)(F)F)nc1)c1nc(-c2ccccc2)cs1. The lowest BCUT2D eigenvalue weighted by molar-refractivity contribution is -0.154. The largest absolute Gasteiger partial charge is 0.468 e. The van der Waals surface area contributed by atoms with Crippen molar-refractivity contribution in [1.29, 1.82) is 0 Å². The number of hydrogen-bond donors (Lipinski definition) is 1. The molecule has 0 radical (unpaired) electrons. The van der Waals surface area contributed by atoms with Gasteiger partial charge in [-0.05, 0) is 6.07 Å². The van der Waals surface area contributed by atoms with Gasteiger partial charge in [-0.3, -0.25) is 4.79 Å². The number of benzene rings is 1. The average Bonchev–Trinajstić information content (AvgIpc) is 3.11. The van der Waals surface area contributed by atoms with Crippen LogP contribution in [0, 0.1) is 0 Å². The van der Waals surface area contributed by atoms with E-state index in [1.54, 1.807) is 5.38 Å². The smallest absolute Gasteiger partial charge is 0.422 e. The van der Waals surface area contributed by atoms with Crippen LogP contribution in [-0.2, 0) is 0 Å². The molecule has 3 rings (SSSR count). The topological polar surface area (TPSA) is 64.1 Å². The minimum Gasteiger partial charge on any atom is -0.468 e. The predicted octanol–water partition coefficient (Wildman–Crippen LogP) is 4.40. The number of nitrogens with zero attached hydrogens (tertiary/aromatic N) is 2. The predicted molar refractivity (Wildman–Crippen MR) is 91.3 cm³/mol. The van der Waals surface area contributed by atoms with Crippen LogP contribution < -0.4 is 10.1 Å². The molecule has 134 valence electrons. The molecule has 0 bridgehead atoms. The molecule has 1 N–H and O–H groups in total. The minimum absolute atomic E-state index is 0.180. The number of hydrogen-bond acceptors (Lipinski definition) is 5. The number of thiazole rings is 1. The highest BCUT2D eigenvalue weighted by atomic mass is 32.1. The third-order valence-electron chi connectivity index (χ3n) is 3.15. The standard InChI is InChI=1S/C17H12F3N3O2S/c18-17(19,20)10-25-14-7-6-12(8-21-14)22-15(24)16-23-13(9-26-16)11-4-2-1-3-5-11/h1-9H,10H2,(H,22,24). The molecule has 1 amide bonds. The van der Waals surface area contributed by atoms with Crippen molar-refractivity contribution in [2.45, 2.75) is 6.18 Å². The molecule has 1 aromatic carbocycles. The van der Waals surface area contributed by atoms with Crippen LogP contribution in [0.1, 0.15) is 9.80 Å². The summed E-state index contributed by atoms with van der Waals surface area (Å²) in [5.74, 6) is -0.608. The van der Waals surface area contributed by atoms with Crippen LogP contribution in [0.4, 0.5) is 18.9 Å². The van der Waals surface area contributed by atoms with Gasteiger partial charge in [-0.25, -0.2) is 9.97 Å². The number of aromatic nitrogens is 2. The number of carbonyl (C=O) groups excluding carboxylic acids is 1. The molecule has 0 fully saturated rings. The average molecular weight is 379 g/mol. The van der Waals surface area contributed by atoms with E-state index in [0.29, 0.717) is 11.4 Å². The van der Waals surface area contributed by atoms with E-state index < -0.39 is 18.7 Å². The van der Waals surface area contributed by atoms with Gasteiger partial charge >= 0.3 is 6.18 Å². The molecular weight excluding hydrogens is 367 g/mol. The zero-order valence-electron chi connectivity index (χ0n) is 13.2. The molecule has 9 heteroatoms. The van der Waals surface area contributed by atoms with Crippen molar-refractivity contribution in [1.82, 2.24) is 9.97 Å². The van der Waals surface area contributed by atoms with E-state index in [9.17, 15) is 18.0 Å². The third kappa shape index (κ3) is 4.79. The maximum Gasteiger partial charge on any atom is 0.422 e. The van der Waals surface area contributed by atoms with Crippen LogP contribution in [0.2, 0.25) is 0 Å². The van der Waals surface area contributed by atoms with E-state index in [2.05, 4.69) is 20.0 Å². The summed E-state index contributed by atoms with van der Waals surface area (Å²) in [6.07, 6.45) is -3.22. The van der Waals surface area contributed by atoms with Crippen LogP contribution in [-0.4, -0.2) is 28.7 Å². The Morgan fingerprint density at radius 3 is 2.58 bits per heavy atom. The number of anilines is 1. The molecule has 26 heavy (non-hydrogen) atoms. The molecule has 0 atom stereocenters. The molecule has 2 heterocycles. The first kappa shape index (κ1) is 17.9. The van der Waals surface area contributed by atoms with Crippen LogP contribution in [0.15, 0.2) is 54.0 Å². The van der Waals surface area contributed by atoms with Gasteiger partial charge < -0.3 is 10.1 Å². The fourth-order valence-electron chi connectivity index (χ4n) is 2.00. The zero-order chi connectivity index (χ0) is 18.6. The molecular formula is C17H12F3N3O2S. The van der Waals surface area contributed by atoms with Crippen molar-refractivity contribution < 1.29 is 22.7 Å². The fourth-order valence-corrected chi connectivity index (χ4v) is 2.72. The molecule has 5 nitrogen and oxygen atoms in total. The second kappa shape index (κ2) is 7.52. The molecule has 0 unspecified atom stereocenters. The Morgan fingerprint density at radius 2 is 1.92 bits per heavy atom. The van der Waals surface area contributed by atoms with Gasteiger partial charge in [-0.2, -0.15) is 13.2 Å². The van der Waals surface area contributed by atoms with E-state index in [0.717, 1.165) is 5.56 Å². The summed E-state index contributed by atoms with van der Waals surface area (Å²) in [4.78, 5) is 20.2. The lowest BCUT2D eigenvalue weighted by atomic mass is 10.2. The van der Waals surface area contributed by atoms with Gasteiger partial charge in [0, 0.05) is 17.0 Å². The monoisotopic (exact) mass is 379 g/mol. The molecule has 0 aliphatic rings. The maximum absolute atomic E-state index is 12.2. The first-order valence-corrected chi connectivity index (χ1v) is 8.26. The van der Waals surface area contributed by atoms with Gasteiger partial charge in [0.1, 0.15) is 0 Å². The summed E-state index contributed by atoms with van der Waals surface area (Å²) in [6.45, 7) is -1.42. The normalized spacial score (nSPS) is 11.2. The number of pyridine rings is 1. The lowest BCUT2D eigenvalue weighted by Gasteiger charge is -2.08. The molecule has 0 aliphatic heterocycles. The van der Waals surface area contributed by atoms with Crippen LogP contribution >= 0.6 is 11.3 Å². The van der Waals surface area contributed by atoms with E-state index in [1.165, 1.54) is 29.7 Å². The Labute approximate surface area is 150 Å². The number of alkyl halides is 3. The van der Waals surface area contributed by atoms with E-state index in [1.807, 2.05) is 30.3 Å². The quantitative estimate of drug-likeness (QED) is 0.714. The minimum atomic E-state index is -4.43. The highest BCUT2D eigenvalue weighted by Crippen LogP contribution is 2.23. The number of ether oxygens (including phenoxy) is 1. The van der Waals surface area contributed by atoms with Crippen LogP contribution in [0.25, 0.3) is 11.3 Å². The Hall–Kier alpha value is -2.94. The summed E-state index contributed by atoms with van der Waals surface area (Å²) in [5, 5.41) is 4.63. The first-order valence-electron chi connectivity index (χ1n) is 7.38. The van der Waals surface area contributed by atoms with E-state index >= 15 is 0 Å². The molecule has 2 aromatic heterocycles. The summed E-state index contributed by atoms with van der Waals surface area (Å²) in [7, 11) is 0. The van der Waals surface area contributed by atoms with E-state index in [-0.39, 0.29) is 10.9 Å². The van der Waals surface area contributed by atoms with Crippen molar-refractivity contribution in [3.8, 4) is 17.1 Å². The Morgan fingerprint density at radius 1 is 1.15 bits per heavy atom. The van der Waals surface area contributed by atoms with E-state index in [4.69, 9.17) is 0 Å². The van der Waals surface area contributed by atoms with Crippen molar-refractivity contribution in [3.63, 3.8) is 0 Å². The van der Waals surface area contributed by atoms with Crippen molar-refractivity contribution in [2.24, 2.45) is 0 Å². The zero-order valence-corrected chi connectivity index (χ0v) is 14.0. The van der Waals surface area contributed by atoms with Gasteiger partial charge in [0.2, 0.25) is 5.88 Å². The van der Waals surface area contributed by atoms with Gasteiger partial charge in [-0.1, -0.05) is 30.3 Å².